The molecule has 0 aliphatic carbocycles. The number of aliphatic imine (C=N–C) groups is 4. The fourth-order valence-electron chi connectivity index (χ4n) is 4.07. The average Bonchev–Trinajstić information content (AvgIpc) is 2.93. The van der Waals surface area contributed by atoms with Crippen LogP contribution in [0.15, 0.2) is 44.2 Å². The minimum atomic E-state index is -1.54. The normalized spacial score (nSPS) is 18.7. The molecule has 224 valence electrons. The molecule has 9 N–H and O–H groups in total. The van der Waals surface area contributed by atoms with Crippen molar-refractivity contribution < 1.29 is 39.3 Å². The molecule has 0 bridgehead atoms. The highest BCUT2D eigenvalue weighted by Gasteiger charge is 2.31. The summed E-state index contributed by atoms with van der Waals surface area (Å²) in [6.45, 7) is 0.342. The highest BCUT2D eigenvalue weighted by Crippen LogP contribution is 2.17. The molecule has 3 rings (SSSR count). The Kier molecular flexibility index (Phi) is 10.3. The van der Waals surface area contributed by atoms with Crippen LogP contribution in [0.25, 0.3) is 0 Å². The molecular weight excluding hydrogens is 554 g/mol. The number of carbonyl (C=O) groups is 5. The molecule has 0 saturated heterocycles. The van der Waals surface area contributed by atoms with Crippen molar-refractivity contribution in [2.45, 2.75) is 50.0 Å². The van der Waals surface area contributed by atoms with Gasteiger partial charge in [-0.05, 0) is 37.1 Å². The molecule has 2 amide bonds. The van der Waals surface area contributed by atoms with Gasteiger partial charge in [0.25, 0.3) is 5.91 Å². The topological polar surface area (TPSA) is 275 Å². The summed E-state index contributed by atoms with van der Waals surface area (Å²) >= 11 is 0. The average molecular weight is 586 g/mol. The van der Waals surface area contributed by atoms with Crippen molar-refractivity contribution in [2.24, 2.45) is 31.4 Å². The minimum absolute atomic E-state index is 0.0415. The minimum Gasteiger partial charge on any atom is -0.481 e. The highest BCUT2D eigenvalue weighted by atomic mass is 16.4. The first-order chi connectivity index (χ1) is 19.8. The quantitative estimate of drug-likeness (QED) is 0.131. The molecule has 1 aromatic carbocycles. The molecule has 42 heavy (non-hydrogen) atoms. The predicted molar refractivity (Wildman–Crippen MR) is 151 cm³/mol. The van der Waals surface area contributed by atoms with E-state index in [9.17, 15) is 29.1 Å². The fraction of sp³-hybridized carbons (Fsp3) is 0.400. The summed E-state index contributed by atoms with van der Waals surface area (Å²) in [5.41, 5.74) is 13.0. The number of benzene rings is 1. The molecule has 17 heteroatoms. The van der Waals surface area contributed by atoms with Gasteiger partial charge < -0.3 is 42.3 Å². The standard InChI is InChI=1S/C25H31N9O8/c1-34(11-13-10-28-21-19(29-13)20(26)32-25(27)33-21)14-4-2-12(3-5-14)22(39)30-15(6-8-17(35)36)23(40)31-16(24(41)42)7-9-18(37)38/h2-5,10,15-16,19,21H,6-9,11H2,1H3,(H,30,39)(H,31,40)(H,35,36)(H,37,38)(H,41,42)(H4,26,27,32,33)/t15?,16-,19?,21?/m0/s1. The summed E-state index contributed by atoms with van der Waals surface area (Å²) in [6.07, 6.45) is -0.701. The smallest absolute Gasteiger partial charge is 0.326 e. The van der Waals surface area contributed by atoms with Crippen molar-refractivity contribution in [3.63, 3.8) is 0 Å². The van der Waals surface area contributed by atoms with Crippen LogP contribution in [0.2, 0.25) is 0 Å². The lowest BCUT2D eigenvalue weighted by molar-refractivity contribution is -0.143. The fourth-order valence-corrected chi connectivity index (χ4v) is 4.07. The Bertz CT molecular complexity index is 1360. The van der Waals surface area contributed by atoms with E-state index in [-0.39, 0.29) is 23.8 Å². The van der Waals surface area contributed by atoms with E-state index in [1.807, 2.05) is 4.90 Å². The maximum absolute atomic E-state index is 12.9. The molecule has 0 aromatic heterocycles. The second kappa shape index (κ2) is 13.8. The van der Waals surface area contributed by atoms with Crippen LogP contribution in [0.4, 0.5) is 5.69 Å². The maximum Gasteiger partial charge on any atom is 0.326 e. The molecular formula is C25H31N9O8. The van der Waals surface area contributed by atoms with Crippen LogP contribution in [0.1, 0.15) is 36.0 Å². The Balaban J connectivity index is 1.65. The molecule has 4 atom stereocenters. The molecule has 0 radical (unpaired) electrons. The van der Waals surface area contributed by atoms with Crippen molar-refractivity contribution in [3.05, 3.63) is 29.8 Å². The second-order valence-electron chi connectivity index (χ2n) is 9.47. The van der Waals surface area contributed by atoms with Crippen LogP contribution in [0.5, 0.6) is 0 Å². The predicted octanol–water partition coefficient (Wildman–Crippen LogP) is -1.57. The first-order valence-electron chi connectivity index (χ1n) is 12.7. The van der Waals surface area contributed by atoms with E-state index < -0.39 is 73.3 Å². The number of nitrogens with one attached hydrogen (secondary N) is 2. The van der Waals surface area contributed by atoms with Crippen LogP contribution in [0, 0.1) is 0 Å². The Morgan fingerprint density at radius 2 is 1.55 bits per heavy atom. The third kappa shape index (κ3) is 8.57. The number of amidine groups is 1. The summed E-state index contributed by atoms with van der Waals surface area (Å²) in [7, 11) is 1.79. The second-order valence-corrected chi connectivity index (χ2v) is 9.47. The molecule has 2 aliphatic heterocycles. The lowest BCUT2D eigenvalue weighted by Gasteiger charge is -2.26. The van der Waals surface area contributed by atoms with Crippen molar-refractivity contribution >= 4 is 59.1 Å². The van der Waals surface area contributed by atoms with E-state index in [1.54, 1.807) is 25.4 Å². The number of carbonyl (C=O) groups excluding carboxylic acids is 2. The first-order valence-corrected chi connectivity index (χ1v) is 12.7. The highest BCUT2D eigenvalue weighted by molar-refractivity contribution is 6.33. The Labute approximate surface area is 239 Å². The lowest BCUT2D eigenvalue weighted by Crippen LogP contribution is -2.51. The number of rotatable bonds is 14. The van der Waals surface area contributed by atoms with Crippen molar-refractivity contribution in [2.75, 3.05) is 18.5 Å². The van der Waals surface area contributed by atoms with Gasteiger partial charge in [-0.1, -0.05) is 0 Å². The summed E-state index contributed by atoms with van der Waals surface area (Å²) in [4.78, 5) is 77.8. The number of aliphatic carboxylic acids is 3. The van der Waals surface area contributed by atoms with E-state index in [0.717, 1.165) is 0 Å². The summed E-state index contributed by atoms with van der Waals surface area (Å²) in [5.74, 6) is -5.34. The van der Waals surface area contributed by atoms with Gasteiger partial charge >= 0.3 is 17.9 Å². The van der Waals surface area contributed by atoms with Gasteiger partial charge in [-0.25, -0.2) is 9.79 Å². The van der Waals surface area contributed by atoms with Gasteiger partial charge in [0, 0.05) is 37.4 Å². The van der Waals surface area contributed by atoms with Crippen LogP contribution in [0.3, 0.4) is 0 Å². The van der Waals surface area contributed by atoms with Crippen molar-refractivity contribution in [1.82, 2.24) is 10.6 Å². The summed E-state index contributed by atoms with van der Waals surface area (Å²) in [5, 5.41) is 31.8. The van der Waals surface area contributed by atoms with Crippen molar-refractivity contribution in [3.8, 4) is 0 Å². The SMILES string of the molecule is CN(CC1=NC2C(N)=NC(N)=NC2N=C1)c1ccc(C(=O)NC(CCC(=O)O)C(=O)N[C@@H](CCC(=O)O)C(=O)O)cc1. The Hall–Kier alpha value is -5.35. The van der Waals surface area contributed by atoms with Gasteiger partial charge in [0.1, 0.15) is 24.0 Å². The maximum atomic E-state index is 12.9. The number of carboxylic acids is 3. The zero-order valence-corrected chi connectivity index (χ0v) is 22.5. The number of fused-ring (bicyclic) bond motifs is 1. The number of guanidine groups is 1. The number of nitrogens with two attached hydrogens (primary N) is 2. The number of hydrogen-bond acceptors (Lipinski definition) is 12. The van der Waals surface area contributed by atoms with E-state index >= 15 is 0 Å². The molecule has 2 aliphatic rings. The van der Waals surface area contributed by atoms with Crippen LogP contribution < -0.4 is 27.0 Å². The third-order valence-corrected chi connectivity index (χ3v) is 6.27. The Morgan fingerprint density at radius 3 is 2.14 bits per heavy atom. The van der Waals surface area contributed by atoms with Crippen LogP contribution in [-0.4, -0.2) is 107 Å². The van der Waals surface area contributed by atoms with E-state index in [0.29, 0.717) is 17.9 Å². The molecule has 0 fully saturated rings. The number of amides is 2. The Morgan fingerprint density at radius 1 is 0.929 bits per heavy atom. The number of hydrogen-bond donors (Lipinski definition) is 7. The zero-order chi connectivity index (χ0) is 31.0. The van der Waals surface area contributed by atoms with Gasteiger partial charge in [-0.15, -0.1) is 0 Å². The van der Waals surface area contributed by atoms with Crippen LogP contribution >= 0.6 is 0 Å². The van der Waals surface area contributed by atoms with Gasteiger partial charge in [-0.3, -0.25) is 29.2 Å². The molecule has 0 saturated carbocycles. The zero-order valence-electron chi connectivity index (χ0n) is 22.5. The molecule has 2 heterocycles. The van der Waals surface area contributed by atoms with E-state index in [1.165, 1.54) is 12.1 Å². The first kappa shape index (κ1) is 31.2. The van der Waals surface area contributed by atoms with E-state index in [2.05, 4.69) is 30.6 Å². The van der Waals surface area contributed by atoms with Gasteiger partial charge in [0.15, 0.2) is 6.17 Å². The van der Waals surface area contributed by atoms with E-state index in [4.69, 9.17) is 21.7 Å². The monoisotopic (exact) mass is 585 g/mol. The third-order valence-electron chi connectivity index (χ3n) is 6.27. The van der Waals surface area contributed by atoms with Gasteiger partial charge in [-0.2, -0.15) is 4.99 Å². The number of anilines is 1. The molecule has 0 spiro atoms. The molecule has 1 aromatic rings. The summed E-state index contributed by atoms with van der Waals surface area (Å²) in [6, 6.07) is 2.82. The van der Waals surface area contributed by atoms with Gasteiger partial charge in [0.05, 0.1) is 12.3 Å². The van der Waals surface area contributed by atoms with Crippen molar-refractivity contribution in [1.29, 1.82) is 0 Å². The summed E-state index contributed by atoms with van der Waals surface area (Å²) < 4.78 is 0. The van der Waals surface area contributed by atoms with Crippen LogP contribution in [-0.2, 0) is 19.2 Å². The van der Waals surface area contributed by atoms with Gasteiger partial charge in [0.2, 0.25) is 11.9 Å². The number of nitrogens with zero attached hydrogens (tertiary/aromatic N) is 5. The molecule has 3 unspecified atom stereocenters. The number of carboxylic acid groups (broad SMARTS) is 3. The molecule has 17 nitrogen and oxygen atoms in total. The lowest BCUT2D eigenvalue weighted by atomic mass is 10.1. The largest absolute Gasteiger partial charge is 0.481 e.